The van der Waals surface area contributed by atoms with Crippen LogP contribution in [-0.4, -0.2) is 31.2 Å². The molecule has 0 radical (unpaired) electrons. The van der Waals surface area contributed by atoms with Crippen LogP contribution in [0.2, 0.25) is 0 Å². The molecule has 2 unspecified atom stereocenters. The molecule has 20 heavy (non-hydrogen) atoms. The molecule has 4 heteroatoms. The second kappa shape index (κ2) is 5.64. The third-order valence-electron chi connectivity index (χ3n) is 5.64. The lowest BCUT2D eigenvalue weighted by molar-refractivity contribution is -0.134. The SMILES string of the molecule is CC1CCC(CN)(C(=O)NC2CCOC2C2CC2)CC1. The zero-order valence-electron chi connectivity index (χ0n) is 12.6. The minimum absolute atomic E-state index is 0.188. The fourth-order valence-corrected chi connectivity index (χ4v) is 3.82. The first-order chi connectivity index (χ1) is 9.64. The maximum atomic E-state index is 12.8. The van der Waals surface area contributed by atoms with E-state index in [-0.39, 0.29) is 23.5 Å². The third kappa shape index (κ3) is 2.73. The molecule has 0 bridgehead atoms. The number of carbonyl (C=O) groups excluding carboxylic acids is 1. The van der Waals surface area contributed by atoms with Crippen LogP contribution in [0.3, 0.4) is 0 Å². The molecule has 1 saturated heterocycles. The summed E-state index contributed by atoms with van der Waals surface area (Å²) in [5, 5.41) is 3.28. The molecule has 0 aromatic carbocycles. The first-order valence-electron chi connectivity index (χ1n) is 8.27. The molecule has 4 nitrogen and oxygen atoms in total. The number of ether oxygens (including phenoxy) is 1. The fourth-order valence-electron chi connectivity index (χ4n) is 3.82. The standard InChI is InChI=1S/C16H28N2O2/c1-11-4-7-16(10-17,8-5-11)15(19)18-13-6-9-20-14(13)12-2-3-12/h11-14H,2-10,17H2,1H3,(H,18,19). The Bertz CT molecular complexity index is 359. The molecule has 1 amide bonds. The highest BCUT2D eigenvalue weighted by molar-refractivity contribution is 5.83. The van der Waals surface area contributed by atoms with Gasteiger partial charge in [0.05, 0.1) is 17.6 Å². The summed E-state index contributed by atoms with van der Waals surface area (Å²) in [5.74, 6) is 1.60. The Labute approximate surface area is 121 Å². The Kier molecular flexibility index (Phi) is 4.04. The zero-order valence-corrected chi connectivity index (χ0v) is 12.6. The van der Waals surface area contributed by atoms with E-state index in [4.69, 9.17) is 10.5 Å². The van der Waals surface area contributed by atoms with E-state index in [0.29, 0.717) is 12.5 Å². The lowest BCUT2D eigenvalue weighted by Gasteiger charge is -2.38. The molecule has 0 spiro atoms. The van der Waals surface area contributed by atoms with Gasteiger partial charge in [-0.2, -0.15) is 0 Å². The third-order valence-corrected chi connectivity index (χ3v) is 5.64. The Morgan fingerprint density at radius 3 is 2.55 bits per heavy atom. The van der Waals surface area contributed by atoms with Crippen LogP contribution >= 0.6 is 0 Å². The topological polar surface area (TPSA) is 64.4 Å². The van der Waals surface area contributed by atoms with Crippen molar-refractivity contribution in [3.63, 3.8) is 0 Å². The molecule has 0 aromatic rings. The van der Waals surface area contributed by atoms with Crippen molar-refractivity contribution in [1.82, 2.24) is 5.32 Å². The molecule has 2 saturated carbocycles. The average Bonchev–Trinajstić information content (AvgIpc) is 3.20. The van der Waals surface area contributed by atoms with Crippen LogP contribution in [0.5, 0.6) is 0 Å². The molecule has 2 aliphatic carbocycles. The van der Waals surface area contributed by atoms with Crippen molar-refractivity contribution in [1.29, 1.82) is 0 Å². The predicted octanol–water partition coefficient (Wildman–Crippen LogP) is 1.83. The molecule has 3 N–H and O–H groups in total. The van der Waals surface area contributed by atoms with Crippen LogP contribution in [0.4, 0.5) is 0 Å². The highest BCUT2D eigenvalue weighted by Gasteiger charge is 2.45. The smallest absolute Gasteiger partial charge is 0.227 e. The Balaban J connectivity index is 1.62. The normalized spacial score (nSPS) is 41.6. The average molecular weight is 280 g/mol. The first kappa shape index (κ1) is 14.3. The molecular weight excluding hydrogens is 252 g/mol. The maximum Gasteiger partial charge on any atom is 0.227 e. The van der Waals surface area contributed by atoms with Gasteiger partial charge in [0.15, 0.2) is 0 Å². The van der Waals surface area contributed by atoms with E-state index >= 15 is 0 Å². The second-order valence-corrected chi connectivity index (χ2v) is 7.21. The van der Waals surface area contributed by atoms with Gasteiger partial charge in [0.2, 0.25) is 5.91 Å². The summed E-state index contributed by atoms with van der Waals surface area (Å²) in [7, 11) is 0. The minimum atomic E-state index is -0.316. The van der Waals surface area contributed by atoms with Gasteiger partial charge in [-0.15, -0.1) is 0 Å². The van der Waals surface area contributed by atoms with Crippen molar-refractivity contribution in [2.24, 2.45) is 23.0 Å². The van der Waals surface area contributed by atoms with E-state index in [1.807, 2.05) is 0 Å². The van der Waals surface area contributed by atoms with E-state index in [1.54, 1.807) is 0 Å². The van der Waals surface area contributed by atoms with Gasteiger partial charge in [-0.3, -0.25) is 4.79 Å². The molecule has 3 rings (SSSR count). The van der Waals surface area contributed by atoms with Crippen molar-refractivity contribution in [2.75, 3.05) is 13.2 Å². The van der Waals surface area contributed by atoms with Crippen LogP contribution < -0.4 is 11.1 Å². The second-order valence-electron chi connectivity index (χ2n) is 7.21. The Hall–Kier alpha value is -0.610. The number of carbonyl (C=O) groups is 1. The molecule has 3 fully saturated rings. The minimum Gasteiger partial charge on any atom is -0.376 e. The van der Waals surface area contributed by atoms with Gasteiger partial charge in [0.1, 0.15) is 0 Å². The Morgan fingerprint density at radius 1 is 1.25 bits per heavy atom. The summed E-state index contributed by atoms with van der Waals surface area (Å²) in [5.41, 5.74) is 5.66. The van der Waals surface area contributed by atoms with E-state index in [2.05, 4.69) is 12.2 Å². The van der Waals surface area contributed by atoms with Crippen molar-refractivity contribution < 1.29 is 9.53 Å². The summed E-state index contributed by atoms with van der Waals surface area (Å²) in [6.45, 7) is 3.54. The Morgan fingerprint density at radius 2 is 1.95 bits per heavy atom. The summed E-state index contributed by atoms with van der Waals surface area (Å²) < 4.78 is 5.82. The number of amides is 1. The van der Waals surface area contributed by atoms with Crippen LogP contribution in [0, 0.1) is 17.3 Å². The van der Waals surface area contributed by atoms with Crippen LogP contribution in [0.25, 0.3) is 0 Å². The summed E-state index contributed by atoms with van der Waals surface area (Å²) >= 11 is 0. The first-order valence-corrected chi connectivity index (χ1v) is 8.27. The van der Waals surface area contributed by atoms with Crippen molar-refractivity contribution >= 4 is 5.91 Å². The number of hydrogen-bond donors (Lipinski definition) is 2. The molecule has 3 aliphatic rings. The van der Waals surface area contributed by atoms with Gasteiger partial charge < -0.3 is 15.8 Å². The molecule has 0 aromatic heterocycles. The highest BCUT2D eigenvalue weighted by Crippen LogP contribution is 2.41. The number of hydrogen-bond acceptors (Lipinski definition) is 3. The largest absolute Gasteiger partial charge is 0.376 e. The van der Waals surface area contributed by atoms with Crippen molar-refractivity contribution in [3.05, 3.63) is 0 Å². The lowest BCUT2D eigenvalue weighted by atomic mass is 9.70. The van der Waals surface area contributed by atoms with Gasteiger partial charge in [0.25, 0.3) is 0 Å². The number of rotatable bonds is 4. The van der Waals surface area contributed by atoms with Gasteiger partial charge in [-0.05, 0) is 56.8 Å². The lowest BCUT2D eigenvalue weighted by Crippen LogP contribution is -2.52. The maximum absolute atomic E-state index is 12.8. The van der Waals surface area contributed by atoms with Gasteiger partial charge in [-0.1, -0.05) is 6.92 Å². The van der Waals surface area contributed by atoms with Crippen LogP contribution in [-0.2, 0) is 9.53 Å². The summed E-state index contributed by atoms with van der Waals surface area (Å²) in [6, 6.07) is 0.220. The monoisotopic (exact) mass is 280 g/mol. The van der Waals surface area contributed by atoms with Crippen LogP contribution in [0.1, 0.15) is 51.9 Å². The molecule has 114 valence electrons. The van der Waals surface area contributed by atoms with E-state index < -0.39 is 0 Å². The molecular formula is C16H28N2O2. The summed E-state index contributed by atoms with van der Waals surface area (Å²) in [6.07, 6.45) is 7.87. The fraction of sp³-hybridized carbons (Fsp3) is 0.938. The highest BCUT2D eigenvalue weighted by atomic mass is 16.5. The molecule has 1 aliphatic heterocycles. The van der Waals surface area contributed by atoms with Crippen LogP contribution in [0.15, 0.2) is 0 Å². The molecule has 2 atom stereocenters. The molecule has 1 heterocycles. The van der Waals surface area contributed by atoms with E-state index in [9.17, 15) is 4.79 Å². The van der Waals surface area contributed by atoms with Gasteiger partial charge >= 0.3 is 0 Å². The number of nitrogens with one attached hydrogen (secondary N) is 1. The van der Waals surface area contributed by atoms with Gasteiger partial charge in [-0.25, -0.2) is 0 Å². The van der Waals surface area contributed by atoms with Crippen molar-refractivity contribution in [2.45, 2.75) is 64.0 Å². The van der Waals surface area contributed by atoms with Gasteiger partial charge in [0, 0.05) is 13.2 Å². The number of nitrogens with two attached hydrogens (primary N) is 1. The van der Waals surface area contributed by atoms with E-state index in [1.165, 1.54) is 12.8 Å². The summed E-state index contributed by atoms with van der Waals surface area (Å²) in [4.78, 5) is 12.8. The predicted molar refractivity (Wildman–Crippen MR) is 78.1 cm³/mol. The van der Waals surface area contributed by atoms with E-state index in [0.717, 1.165) is 44.6 Å². The van der Waals surface area contributed by atoms with Crippen molar-refractivity contribution in [3.8, 4) is 0 Å². The zero-order chi connectivity index (χ0) is 14.2. The quantitative estimate of drug-likeness (QED) is 0.825.